The van der Waals surface area contributed by atoms with Crippen LogP contribution in [0.4, 0.5) is 0 Å². The molecule has 0 aromatic carbocycles. The molecule has 0 aliphatic heterocycles. The van der Waals surface area contributed by atoms with Gasteiger partial charge in [0.1, 0.15) is 6.33 Å². The van der Waals surface area contributed by atoms with Crippen LogP contribution in [0, 0.1) is 0 Å². The monoisotopic (exact) mass is 240 g/mol. The van der Waals surface area contributed by atoms with Gasteiger partial charge in [0.05, 0.1) is 5.25 Å². The maximum Gasteiger partial charge on any atom is 0.186 e. The van der Waals surface area contributed by atoms with Crippen LogP contribution in [-0.4, -0.2) is 21.3 Å². The van der Waals surface area contributed by atoms with Gasteiger partial charge in [-0.2, -0.15) is 5.10 Å². The molecule has 0 bridgehead atoms. The Morgan fingerprint density at radius 1 is 1.67 bits per heavy atom. The lowest BCUT2D eigenvalue weighted by atomic mass is 10.3. The third kappa shape index (κ3) is 2.39. The number of hydrogen-bond donors (Lipinski definition) is 1. The Morgan fingerprint density at radius 3 is 3.07 bits per heavy atom. The molecule has 15 heavy (non-hydrogen) atoms. The number of aryl methyl sites for hydroxylation is 1. The molecule has 2 aromatic rings. The van der Waals surface area contributed by atoms with Crippen LogP contribution in [0.1, 0.15) is 10.1 Å². The standard InChI is InChI=1S/C9H12N4S2/c1-13-9(11-6-12-13)15-8(5-10)7-3-2-4-14-7/h2-4,6,8H,5,10H2,1H3. The molecule has 0 saturated carbocycles. The summed E-state index contributed by atoms with van der Waals surface area (Å²) >= 11 is 3.38. The van der Waals surface area contributed by atoms with Gasteiger partial charge in [0.25, 0.3) is 0 Å². The van der Waals surface area contributed by atoms with Crippen molar-refractivity contribution >= 4 is 23.1 Å². The lowest BCUT2D eigenvalue weighted by Gasteiger charge is -2.10. The number of thiophene rings is 1. The van der Waals surface area contributed by atoms with E-state index in [1.807, 2.05) is 13.1 Å². The van der Waals surface area contributed by atoms with Crippen molar-refractivity contribution in [3.8, 4) is 0 Å². The molecule has 2 aromatic heterocycles. The third-order valence-corrected chi connectivity index (χ3v) is 4.44. The number of thioether (sulfide) groups is 1. The summed E-state index contributed by atoms with van der Waals surface area (Å²) in [4.78, 5) is 5.46. The van der Waals surface area contributed by atoms with Crippen LogP contribution in [0.2, 0.25) is 0 Å². The highest BCUT2D eigenvalue weighted by Crippen LogP contribution is 2.34. The Kier molecular flexibility index (Phi) is 3.40. The molecule has 0 fully saturated rings. The summed E-state index contributed by atoms with van der Waals surface area (Å²) < 4.78 is 1.76. The first-order chi connectivity index (χ1) is 7.31. The van der Waals surface area contributed by atoms with E-state index in [0.717, 1.165) is 5.16 Å². The van der Waals surface area contributed by atoms with Crippen molar-refractivity contribution in [2.24, 2.45) is 12.8 Å². The van der Waals surface area contributed by atoms with E-state index in [9.17, 15) is 0 Å². The fraction of sp³-hybridized carbons (Fsp3) is 0.333. The van der Waals surface area contributed by atoms with Gasteiger partial charge in [-0.15, -0.1) is 11.3 Å². The van der Waals surface area contributed by atoms with Gasteiger partial charge in [0, 0.05) is 18.5 Å². The highest BCUT2D eigenvalue weighted by Gasteiger charge is 2.15. The normalized spacial score (nSPS) is 12.9. The highest BCUT2D eigenvalue weighted by atomic mass is 32.2. The Balaban J connectivity index is 2.13. The maximum atomic E-state index is 5.76. The van der Waals surface area contributed by atoms with Crippen LogP contribution in [-0.2, 0) is 7.05 Å². The van der Waals surface area contributed by atoms with Gasteiger partial charge in [-0.1, -0.05) is 17.8 Å². The quantitative estimate of drug-likeness (QED) is 0.826. The van der Waals surface area contributed by atoms with Gasteiger partial charge >= 0.3 is 0 Å². The number of aromatic nitrogens is 3. The number of nitrogens with zero attached hydrogens (tertiary/aromatic N) is 3. The van der Waals surface area contributed by atoms with E-state index in [4.69, 9.17) is 5.73 Å². The minimum Gasteiger partial charge on any atom is -0.329 e. The zero-order valence-electron chi connectivity index (χ0n) is 8.33. The zero-order valence-corrected chi connectivity index (χ0v) is 9.96. The van der Waals surface area contributed by atoms with E-state index in [-0.39, 0.29) is 5.25 Å². The van der Waals surface area contributed by atoms with E-state index in [2.05, 4.69) is 21.5 Å². The van der Waals surface area contributed by atoms with Crippen LogP contribution in [0.5, 0.6) is 0 Å². The molecule has 2 rings (SSSR count). The predicted octanol–water partition coefficient (Wildman–Crippen LogP) is 1.67. The van der Waals surface area contributed by atoms with Crippen molar-refractivity contribution in [3.63, 3.8) is 0 Å². The molecule has 0 aliphatic carbocycles. The van der Waals surface area contributed by atoms with Crippen molar-refractivity contribution in [1.82, 2.24) is 14.8 Å². The third-order valence-electron chi connectivity index (χ3n) is 1.99. The fourth-order valence-corrected chi connectivity index (χ4v) is 3.10. The number of rotatable bonds is 4. The minimum absolute atomic E-state index is 0.271. The summed E-state index contributed by atoms with van der Waals surface area (Å²) in [7, 11) is 1.89. The van der Waals surface area contributed by atoms with Crippen molar-refractivity contribution in [1.29, 1.82) is 0 Å². The summed E-state index contributed by atoms with van der Waals surface area (Å²) in [5.41, 5.74) is 5.76. The second-order valence-electron chi connectivity index (χ2n) is 3.02. The van der Waals surface area contributed by atoms with Crippen LogP contribution in [0.25, 0.3) is 0 Å². The van der Waals surface area contributed by atoms with E-state index < -0.39 is 0 Å². The maximum absolute atomic E-state index is 5.76. The summed E-state index contributed by atoms with van der Waals surface area (Å²) in [6, 6.07) is 4.14. The van der Waals surface area contributed by atoms with Crippen molar-refractivity contribution in [2.45, 2.75) is 10.4 Å². The summed E-state index contributed by atoms with van der Waals surface area (Å²) in [5.74, 6) is 0. The summed E-state index contributed by atoms with van der Waals surface area (Å²) in [6.07, 6.45) is 1.56. The highest BCUT2D eigenvalue weighted by molar-refractivity contribution is 7.99. The molecular weight excluding hydrogens is 228 g/mol. The first-order valence-electron chi connectivity index (χ1n) is 4.55. The molecule has 6 heteroatoms. The average molecular weight is 240 g/mol. The SMILES string of the molecule is Cn1ncnc1SC(CN)c1cccs1. The number of nitrogens with two attached hydrogens (primary N) is 1. The molecular formula is C9H12N4S2. The first kappa shape index (κ1) is 10.7. The smallest absolute Gasteiger partial charge is 0.186 e. The van der Waals surface area contributed by atoms with Crippen molar-refractivity contribution < 1.29 is 0 Å². The van der Waals surface area contributed by atoms with E-state index in [0.29, 0.717) is 6.54 Å². The van der Waals surface area contributed by atoms with Crippen LogP contribution < -0.4 is 5.73 Å². The largest absolute Gasteiger partial charge is 0.329 e. The Hall–Kier alpha value is -0.850. The molecule has 1 unspecified atom stereocenters. The molecule has 4 nitrogen and oxygen atoms in total. The molecule has 1 atom stereocenters. The zero-order chi connectivity index (χ0) is 10.7. The molecule has 0 aliphatic rings. The molecule has 80 valence electrons. The van der Waals surface area contributed by atoms with Crippen LogP contribution >= 0.6 is 23.1 Å². The van der Waals surface area contributed by atoms with Gasteiger partial charge in [-0.05, 0) is 11.4 Å². The van der Waals surface area contributed by atoms with Crippen LogP contribution in [0.3, 0.4) is 0 Å². The number of hydrogen-bond acceptors (Lipinski definition) is 5. The second kappa shape index (κ2) is 4.78. The first-order valence-corrected chi connectivity index (χ1v) is 6.31. The molecule has 0 radical (unpaired) electrons. The lowest BCUT2D eigenvalue weighted by Crippen LogP contribution is -2.09. The van der Waals surface area contributed by atoms with Crippen molar-refractivity contribution in [3.05, 3.63) is 28.7 Å². The summed E-state index contributed by atoms with van der Waals surface area (Å²) in [5, 5.41) is 7.27. The van der Waals surface area contributed by atoms with Gasteiger partial charge < -0.3 is 5.73 Å². The molecule has 0 saturated heterocycles. The van der Waals surface area contributed by atoms with Crippen molar-refractivity contribution in [2.75, 3.05) is 6.54 Å². The van der Waals surface area contributed by atoms with E-state index >= 15 is 0 Å². The minimum atomic E-state index is 0.271. The second-order valence-corrected chi connectivity index (χ2v) is 5.17. The summed E-state index contributed by atoms with van der Waals surface area (Å²) in [6.45, 7) is 0.609. The topological polar surface area (TPSA) is 56.7 Å². The predicted molar refractivity (Wildman–Crippen MR) is 63.0 cm³/mol. The van der Waals surface area contributed by atoms with Gasteiger partial charge in [0.15, 0.2) is 5.16 Å². The van der Waals surface area contributed by atoms with E-state index in [1.165, 1.54) is 4.88 Å². The van der Waals surface area contributed by atoms with Gasteiger partial charge in [-0.25, -0.2) is 9.67 Å². The van der Waals surface area contributed by atoms with Crippen LogP contribution in [0.15, 0.2) is 29.0 Å². The molecule has 2 N–H and O–H groups in total. The van der Waals surface area contributed by atoms with Gasteiger partial charge in [-0.3, -0.25) is 0 Å². The molecule has 0 amide bonds. The Labute approximate surface area is 96.5 Å². The molecule has 2 heterocycles. The fourth-order valence-electron chi connectivity index (χ4n) is 1.22. The Bertz CT molecular complexity index is 409. The lowest BCUT2D eigenvalue weighted by molar-refractivity contribution is 0.683. The van der Waals surface area contributed by atoms with Gasteiger partial charge in [0.2, 0.25) is 0 Å². The average Bonchev–Trinajstić information content (AvgIpc) is 2.86. The van der Waals surface area contributed by atoms with E-state index in [1.54, 1.807) is 34.1 Å². The Morgan fingerprint density at radius 2 is 2.53 bits per heavy atom. The molecule has 0 spiro atoms.